The molecule has 5 heteroatoms. The first-order valence-corrected chi connectivity index (χ1v) is 9.49. The Bertz CT molecular complexity index is 643. The maximum Gasteiger partial charge on any atom is 0.319 e. The third kappa shape index (κ3) is 2.99. The topological polar surface area (TPSA) is 53.6 Å². The summed E-state index contributed by atoms with van der Waals surface area (Å²) in [6.45, 7) is 9.70. The van der Waals surface area contributed by atoms with Crippen LogP contribution in [0.4, 0.5) is 16.2 Å². The molecule has 0 bridgehead atoms. The van der Waals surface area contributed by atoms with Crippen LogP contribution in [0, 0.1) is 17.3 Å². The number of nitrogens with zero attached hydrogens (tertiary/aromatic N) is 1. The van der Waals surface area contributed by atoms with Gasteiger partial charge < -0.3 is 20.3 Å². The second kappa shape index (κ2) is 6.20. The quantitative estimate of drug-likeness (QED) is 0.884. The number of hydrogen-bond donors (Lipinski definition) is 2. The van der Waals surface area contributed by atoms with E-state index in [9.17, 15) is 4.79 Å². The smallest absolute Gasteiger partial charge is 0.319 e. The highest BCUT2D eigenvalue weighted by Gasteiger charge is 2.59. The molecule has 2 saturated heterocycles. The highest BCUT2D eigenvalue weighted by Crippen LogP contribution is 2.52. The van der Waals surface area contributed by atoms with Crippen LogP contribution in [0.2, 0.25) is 0 Å². The van der Waals surface area contributed by atoms with E-state index in [1.165, 1.54) is 12.1 Å². The third-order valence-electron chi connectivity index (χ3n) is 6.30. The highest BCUT2D eigenvalue weighted by molar-refractivity contribution is 5.89. The van der Waals surface area contributed by atoms with Crippen LogP contribution in [0.15, 0.2) is 24.3 Å². The first-order chi connectivity index (χ1) is 11.9. The van der Waals surface area contributed by atoms with E-state index < -0.39 is 0 Å². The molecule has 3 fully saturated rings. The Hall–Kier alpha value is -1.75. The number of hydrogen-bond acceptors (Lipinski definition) is 3. The van der Waals surface area contributed by atoms with Crippen LogP contribution in [0.25, 0.3) is 0 Å². The average Bonchev–Trinajstić information content (AvgIpc) is 3.21. The number of amides is 2. The first kappa shape index (κ1) is 16.7. The average molecular weight is 343 g/mol. The molecule has 5 nitrogen and oxygen atoms in total. The summed E-state index contributed by atoms with van der Waals surface area (Å²) in [5.41, 5.74) is 2.08. The van der Waals surface area contributed by atoms with Crippen LogP contribution in [0.5, 0.6) is 0 Å². The largest absolute Gasteiger partial charge is 0.377 e. The summed E-state index contributed by atoms with van der Waals surface area (Å²) in [7, 11) is 0. The monoisotopic (exact) mass is 343 g/mol. The molecular formula is C20H29N3O2. The fourth-order valence-electron chi connectivity index (χ4n) is 4.85. The molecule has 0 radical (unpaired) electrons. The summed E-state index contributed by atoms with van der Waals surface area (Å²) in [4.78, 5) is 14.8. The van der Waals surface area contributed by atoms with Gasteiger partial charge in [0.1, 0.15) is 0 Å². The maximum absolute atomic E-state index is 12.4. The minimum absolute atomic E-state index is 0.00874. The minimum atomic E-state index is -0.119. The van der Waals surface area contributed by atoms with Crippen molar-refractivity contribution in [2.24, 2.45) is 17.3 Å². The molecule has 4 rings (SSSR count). The lowest BCUT2D eigenvalue weighted by Crippen LogP contribution is -2.67. The Kier molecular flexibility index (Phi) is 4.14. The van der Waals surface area contributed by atoms with Crippen molar-refractivity contribution in [3.63, 3.8) is 0 Å². The van der Waals surface area contributed by atoms with Gasteiger partial charge in [0.15, 0.2) is 0 Å². The van der Waals surface area contributed by atoms with Gasteiger partial charge in [0.05, 0.1) is 6.10 Å². The van der Waals surface area contributed by atoms with Crippen LogP contribution in [-0.4, -0.2) is 37.9 Å². The first-order valence-electron chi connectivity index (χ1n) is 9.49. The van der Waals surface area contributed by atoms with Gasteiger partial charge in [0.2, 0.25) is 0 Å². The number of urea groups is 1. The SMILES string of the molecule is CC1CCN(c2ccc(NC(=O)NC3C4CCOC4C3(C)C)cc2)C1. The van der Waals surface area contributed by atoms with Crippen molar-refractivity contribution < 1.29 is 9.53 Å². The number of anilines is 2. The molecular weight excluding hydrogens is 314 g/mol. The van der Waals surface area contributed by atoms with Gasteiger partial charge in [-0.05, 0) is 43.0 Å². The fraction of sp³-hybridized carbons (Fsp3) is 0.650. The van der Waals surface area contributed by atoms with E-state index in [4.69, 9.17) is 4.74 Å². The molecule has 0 spiro atoms. The zero-order valence-corrected chi connectivity index (χ0v) is 15.4. The second-order valence-electron chi connectivity index (χ2n) is 8.53. The van der Waals surface area contributed by atoms with Crippen molar-refractivity contribution in [3.8, 4) is 0 Å². The lowest BCUT2D eigenvalue weighted by molar-refractivity contribution is -0.107. The number of carbonyl (C=O) groups is 1. The standard InChI is InChI=1S/C20H29N3O2/c1-13-8-10-23(12-13)15-6-4-14(5-7-15)21-19(24)22-17-16-9-11-25-18(16)20(17,2)3/h4-7,13,16-18H,8-12H2,1-3H3,(H2,21,22,24). The van der Waals surface area contributed by atoms with Gasteiger partial charge in [-0.2, -0.15) is 0 Å². The third-order valence-corrected chi connectivity index (χ3v) is 6.30. The number of nitrogens with one attached hydrogen (secondary N) is 2. The number of carbonyl (C=O) groups excluding carboxylic acids is 1. The molecule has 1 aromatic carbocycles. The zero-order chi connectivity index (χ0) is 17.6. The molecule has 1 aliphatic carbocycles. The summed E-state index contributed by atoms with van der Waals surface area (Å²) in [5.74, 6) is 1.22. The Morgan fingerprint density at radius 3 is 2.68 bits per heavy atom. The molecule has 4 unspecified atom stereocenters. The van der Waals surface area contributed by atoms with Crippen LogP contribution in [-0.2, 0) is 4.74 Å². The maximum atomic E-state index is 12.4. The Morgan fingerprint density at radius 1 is 1.24 bits per heavy atom. The van der Waals surface area contributed by atoms with Crippen molar-refractivity contribution in [3.05, 3.63) is 24.3 Å². The van der Waals surface area contributed by atoms with Gasteiger partial charge >= 0.3 is 6.03 Å². The van der Waals surface area contributed by atoms with Gasteiger partial charge in [-0.3, -0.25) is 0 Å². The summed E-state index contributed by atoms with van der Waals surface area (Å²) in [5, 5.41) is 6.14. The number of fused-ring (bicyclic) bond motifs is 1. The van der Waals surface area contributed by atoms with E-state index in [-0.39, 0.29) is 17.5 Å². The molecule has 2 heterocycles. The summed E-state index contributed by atoms with van der Waals surface area (Å²) in [6.07, 6.45) is 2.59. The fourth-order valence-corrected chi connectivity index (χ4v) is 4.85. The van der Waals surface area contributed by atoms with Gasteiger partial charge in [-0.25, -0.2) is 4.79 Å². The number of rotatable bonds is 3. The van der Waals surface area contributed by atoms with Crippen LogP contribution in [0.3, 0.4) is 0 Å². The van der Waals surface area contributed by atoms with Crippen LogP contribution >= 0.6 is 0 Å². The summed E-state index contributed by atoms with van der Waals surface area (Å²) in [6, 6.07) is 8.25. The molecule has 3 aliphatic rings. The highest BCUT2D eigenvalue weighted by atomic mass is 16.5. The molecule has 2 aliphatic heterocycles. The zero-order valence-electron chi connectivity index (χ0n) is 15.4. The number of benzene rings is 1. The Labute approximate surface area is 150 Å². The molecule has 136 valence electrons. The molecule has 0 aromatic heterocycles. The van der Waals surface area contributed by atoms with Crippen LogP contribution in [0.1, 0.15) is 33.6 Å². The van der Waals surface area contributed by atoms with E-state index in [0.717, 1.165) is 37.7 Å². The Morgan fingerprint density at radius 2 is 2.00 bits per heavy atom. The van der Waals surface area contributed by atoms with Gasteiger partial charge in [0, 0.05) is 48.4 Å². The van der Waals surface area contributed by atoms with E-state index in [2.05, 4.69) is 48.4 Å². The van der Waals surface area contributed by atoms with Gasteiger partial charge in [-0.15, -0.1) is 0 Å². The van der Waals surface area contributed by atoms with Crippen molar-refractivity contribution >= 4 is 17.4 Å². The summed E-state index contributed by atoms with van der Waals surface area (Å²) >= 11 is 0. The van der Waals surface area contributed by atoms with E-state index in [1.54, 1.807) is 0 Å². The van der Waals surface area contributed by atoms with Gasteiger partial charge in [0.25, 0.3) is 0 Å². The molecule has 1 saturated carbocycles. The molecule has 25 heavy (non-hydrogen) atoms. The molecule has 2 N–H and O–H groups in total. The molecule has 1 aromatic rings. The van der Waals surface area contributed by atoms with Crippen molar-refractivity contribution in [1.29, 1.82) is 0 Å². The van der Waals surface area contributed by atoms with Crippen LogP contribution < -0.4 is 15.5 Å². The molecule has 4 atom stereocenters. The van der Waals surface area contributed by atoms with Crippen molar-refractivity contribution in [2.75, 3.05) is 29.9 Å². The minimum Gasteiger partial charge on any atom is -0.377 e. The van der Waals surface area contributed by atoms with Gasteiger partial charge in [-0.1, -0.05) is 20.8 Å². The molecule has 2 amide bonds. The Balaban J connectivity index is 1.33. The van der Waals surface area contributed by atoms with E-state index in [0.29, 0.717) is 12.0 Å². The normalized spacial score (nSPS) is 32.8. The number of ether oxygens (including phenoxy) is 1. The van der Waals surface area contributed by atoms with E-state index in [1.807, 2.05) is 12.1 Å². The van der Waals surface area contributed by atoms with E-state index >= 15 is 0 Å². The summed E-state index contributed by atoms with van der Waals surface area (Å²) < 4.78 is 5.79. The predicted octanol–water partition coefficient (Wildman–Crippen LogP) is 3.47. The lowest BCUT2D eigenvalue weighted by Gasteiger charge is -2.54. The van der Waals surface area contributed by atoms with Crippen molar-refractivity contribution in [2.45, 2.75) is 45.8 Å². The lowest BCUT2D eigenvalue weighted by atomic mass is 9.57. The second-order valence-corrected chi connectivity index (χ2v) is 8.53. The van der Waals surface area contributed by atoms with Crippen molar-refractivity contribution in [1.82, 2.24) is 5.32 Å². The predicted molar refractivity (Wildman–Crippen MR) is 100 cm³/mol.